The number of allylic oxidation sites excluding steroid dienone is 1. The van der Waals surface area contributed by atoms with E-state index in [4.69, 9.17) is 11.6 Å². The van der Waals surface area contributed by atoms with Gasteiger partial charge in [0.15, 0.2) is 5.96 Å². The predicted molar refractivity (Wildman–Crippen MR) is 90.7 cm³/mol. The highest BCUT2D eigenvalue weighted by atomic mass is 35.5. The van der Waals surface area contributed by atoms with E-state index >= 15 is 0 Å². The number of nitrogens with zero attached hydrogens (tertiary/aromatic N) is 3. The van der Waals surface area contributed by atoms with Crippen molar-refractivity contribution in [2.75, 3.05) is 20.6 Å². The van der Waals surface area contributed by atoms with Crippen LogP contribution in [-0.4, -0.2) is 36.5 Å². The second kappa shape index (κ2) is 10.2. The summed E-state index contributed by atoms with van der Waals surface area (Å²) in [6.45, 7) is 5.43. The smallest absolute Gasteiger partial charge is 0.193 e. The molecule has 0 aliphatic carbocycles. The van der Waals surface area contributed by atoms with Gasteiger partial charge in [-0.1, -0.05) is 30.2 Å². The van der Waals surface area contributed by atoms with E-state index in [1.54, 1.807) is 19.3 Å². The second-order valence-corrected chi connectivity index (χ2v) is 5.34. The van der Waals surface area contributed by atoms with E-state index in [2.05, 4.69) is 33.8 Å². The molecule has 0 spiro atoms. The fourth-order valence-corrected chi connectivity index (χ4v) is 2.11. The van der Waals surface area contributed by atoms with Crippen molar-refractivity contribution in [3.05, 3.63) is 41.7 Å². The lowest BCUT2D eigenvalue weighted by Gasteiger charge is -2.22. The topological polar surface area (TPSA) is 40.5 Å². The summed E-state index contributed by atoms with van der Waals surface area (Å²) in [5.41, 5.74) is 1.08. The summed E-state index contributed by atoms with van der Waals surface area (Å²) in [7, 11) is 3.86. The van der Waals surface area contributed by atoms with Crippen LogP contribution in [0.25, 0.3) is 0 Å². The molecular formula is C16H25ClN4. The Hall–Kier alpha value is -1.55. The summed E-state index contributed by atoms with van der Waals surface area (Å²) in [6, 6.07) is 3.76. The Morgan fingerprint density at radius 2 is 2.24 bits per heavy atom. The Morgan fingerprint density at radius 3 is 2.86 bits per heavy atom. The molecule has 1 rings (SSSR count). The van der Waals surface area contributed by atoms with E-state index in [1.807, 2.05) is 12.1 Å². The monoisotopic (exact) mass is 308 g/mol. The van der Waals surface area contributed by atoms with Gasteiger partial charge in [-0.15, -0.1) is 6.58 Å². The van der Waals surface area contributed by atoms with Gasteiger partial charge in [-0.2, -0.15) is 0 Å². The van der Waals surface area contributed by atoms with Crippen molar-refractivity contribution in [1.29, 1.82) is 0 Å². The summed E-state index contributed by atoms with van der Waals surface area (Å²) in [5, 5.41) is 3.85. The maximum absolute atomic E-state index is 5.78. The van der Waals surface area contributed by atoms with E-state index in [-0.39, 0.29) is 0 Å². The second-order valence-electron chi connectivity index (χ2n) is 4.95. The molecule has 0 unspecified atom stereocenters. The molecule has 0 saturated carbocycles. The lowest BCUT2D eigenvalue weighted by Crippen LogP contribution is -2.39. The fraction of sp³-hybridized carbons (Fsp3) is 0.500. The van der Waals surface area contributed by atoms with Gasteiger partial charge in [0, 0.05) is 33.4 Å². The summed E-state index contributed by atoms with van der Waals surface area (Å²) >= 11 is 5.78. The molecule has 1 heterocycles. The quantitative estimate of drug-likeness (QED) is 0.263. The first-order valence-corrected chi connectivity index (χ1v) is 7.68. The molecule has 1 aromatic rings. The molecular weight excluding hydrogens is 284 g/mol. The van der Waals surface area contributed by atoms with Crippen LogP contribution in [0.5, 0.6) is 0 Å². The van der Waals surface area contributed by atoms with Crippen molar-refractivity contribution in [2.24, 2.45) is 4.99 Å². The Bertz CT molecular complexity index is 442. The number of guanidine groups is 1. The Balaban J connectivity index is 2.33. The van der Waals surface area contributed by atoms with Gasteiger partial charge in [0.25, 0.3) is 0 Å². The van der Waals surface area contributed by atoms with Crippen LogP contribution in [0.15, 0.2) is 36.0 Å². The van der Waals surface area contributed by atoms with Crippen LogP contribution in [0.2, 0.25) is 5.15 Å². The molecule has 1 N–H and O–H groups in total. The van der Waals surface area contributed by atoms with E-state index in [0.717, 1.165) is 30.9 Å². The minimum absolute atomic E-state index is 0.514. The third-order valence-electron chi connectivity index (χ3n) is 3.21. The minimum Gasteiger partial charge on any atom is -0.352 e. The van der Waals surface area contributed by atoms with Gasteiger partial charge >= 0.3 is 0 Å². The van der Waals surface area contributed by atoms with E-state index in [1.165, 1.54) is 12.8 Å². The first-order valence-electron chi connectivity index (χ1n) is 7.30. The highest BCUT2D eigenvalue weighted by Crippen LogP contribution is 2.05. The van der Waals surface area contributed by atoms with Gasteiger partial charge in [0.2, 0.25) is 0 Å². The first-order chi connectivity index (χ1) is 10.2. The van der Waals surface area contributed by atoms with Gasteiger partial charge in [0.05, 0.1) is 0 Å². The molecule has 21 heavy (non-hydrogen) atoms. The Morgan fingerprint density at radius 1 is 1.43 bits per heavy atom. The standard InChI is InChI=1S/C16H25ClN4/c1-4-5-6-7-8-11-21(3)16(18-2)20-13-14-9-10-15(17)19-12-14/h4,9-10,12H,1,5-8,11,13H2,2-3H3,(H,18,20). The zero-order valence-electron chi connectivity index (χ0n) is 13.0. The van der Waals surface area contributed by atoms with Crippen LogP contribution >= 0.6 is 11.6 Å². The number of aliphatic imine (C=N–C) groups is 1. The number of rotatable bonds is 8. The molecule has 0 aliphatic rings. The molecule has 116 valence electrons. The summed E-state index contributed by atoms with van der Waals surface area (Å²) in [6.07, 6.45) is 8.43. The van der Waals surface area contributed by atoms with Crippen molar-refractivity contribution < 1.29 is 0 Å². The van der Waals surface area contributed by atoms with Crippen LogP contribution in [0.4, 0.5) is 0 Å². The molecule has 4 nitrogen and oxygen atoms in total. The molecule has 0 bridgehead atoms. The van der Waals surface area contributed by atoms with E-state index < -0.39 is 0 Å². The number of nitrogens with one attached hydrogen (secondary N) is 1. The van der Waals surface area contributed by atoms with Gasteiger partial charge in [-0.25, -0.2) is 4.98 Å². The normalized spacial score (nSPS) is 11.3. The van der Waals surface area contributed by atoms with Crippen LogP contribution < -0.4 is 5.32 Å². The van der Waals surface area contributed by atoms with Crippen LogP contribution in [0.1, 0.15) is 31.2 Å². The highest BCUT2D eigenvalue weighted by molar-refractivity contribution is 6.29. The highest BCUT2D eigenvalue weighted by Gasteiger charge is 2.05. The molecule has 0 atom stereocenters. The fourth-order valence-electron chi connectivity index (χ4n) is 2.00. The van der Waals surface area contributed by atoms with Crippen molar-refractivity contribution in [3.8, 4) is 0 Å². The number of hydrogen-bond acceptors (Lipinski definition) is 2. The maximum Gasteiger partial charge on any atom is 0.193 e. The molecule has 0 radical (unpaired) electrons. The summed E-state index contributed by atoms with van der Waals surface area (Å²) in [5.74, 6) is 0.897. The number of hydrogen-bond donors (Lipinski definition) is 1. The van der Waals surface area contributed by atoms with E-state index in [0.29, 0.717) is 11.7 Å². The largest absolute Gasteiger partial charge is 0.352 e. The van der Waals surface area contributed by atoms with Crippen molar-refractivity contribution in [3.63, 3.8) is 0 Å². The van der Waals surface area contributed by atoms with Gasteiger partial charge in [-0.05, 0) is 30.9 Å². The number of pyridine rings is 1. The van der Waals surface area contributed by atoms with Crippen molar-refractivity contribution in [2.45, 2.75) is 32.2 Å². The lowest BCUT2D eigenvalue weighted by molar-refractivity contribution is 0.455. The number of halogens is 1. The zero-order chi connectivity index (χ0) is 15.5. The summed E-state index contributed by atoms with van der Waals surface area (Å²) in [4.78, 5) is 10.5. The molecule has 0 amide bonds. The zero-order valence-corrected chi connectivity index (χ0v) is 13.7. The number of aromatic nitrogens is 1. The number of unbranched alkanes of at least 4 members (excludes halogenated alkanes) is 3. The third kappa shape index (κ3) is 7.14. The minimum atomic E-state index is 0.514. The van der Waals surface area contributed by atoms with E-state index in [9.17, 15) is 0 Å². The van der Waals surface area contributed by atoms with Gasteiger partial charge < -0.3 is 10.2 Å². The Kier molecular flexibility index (Phi) is 8.51. The SMILES string of the molecule is C=CCCCCCN(C)C(=NC)NCc1ccc(Cl)nc1. The van der Waals surface area contributed by atoms with Crippen LogP contribution in [0.3, 0.4) is 0 Å². The van der Waals surface area contributed by atoms with Crippen molar-refractivity contribution in [1.82, 2.24) is 15.2 Å². The van der Waals surface area contributed by atoms with Gasteiger partial charge in [0.1, 0.15) is 5.15 Å². The molecule has 5 heteroatoms. The van der Waals surface area contributed by atoms with Crippen LogP contribution in [-0.2, 0) is 6.54 Å². The molecule has 0 fully saturated rings. The van der Waals surface area contributed by atoms with Crippen molar-refractivity contribution >= 4 is 17.6 Å². The maximum atomic E-state index is 5.78. The molecule has 0 saturated heterocycles. The molecule has 0 aromatic carbocycles. The lowest BCUT2D eigenvalue weighted by atomic mass is 10.2. The molecule has 0 aliphatic heterocycles. The van der Waals surface area contributed by atoms with Gasteiger partial charge in [-0.3, -0.25) is 4.99 Å². The first kappa shape index (κ1) is 17.5. The summed E-state index contributed by atoms with van der Waals surface area (Å²) < 4.78 is 0. The average Bonchev–Trinajstić information content (AvgIpc) is 2.49. The Labute approximate surface area is 132 Å². The third-order valence-corrected chi connectivity index (χ3v) is 3.44. The predicted octanol–water partition coefficient (Wildman–Crippen LogP) is 3.49. The van der Waals surface area contributed by atoms with Crippen LogP contribution in [0, 0.1) is 0 Å². The average molecular weight is 309 g/mol. The molecule has 1 aromatic heterocycles.